The van der Waals surface area contributed by atoms with Gasteiger partial charge in [-0.3, -0.25) is 9.69 Å². The molecule has 1 aliphatic rings. The zero-order chi connectivity index (χ0) is 15.1. The molecule has 1 aromatic rings. The van der Waals surface area contributed by atoms with Crippen LogP contribution in [0.25, 0.3) is 0 Å². The van der Waals surface area contributed by atoms with Crippen LogP contribution in [0.3, 0.4) is 0 Å². The Bertz CT molecular complexity index is 435. The predicted octanol–water partition coefficient (Wildman–Crippen LogP) is 3.78. The van der Waals surface area contributed by atoms with Gasteiger partial charge in [0.25, 0.3) is 0 Å². The molecule has 0 N–H and O–H groups in total. The molecule has 2 rings (SSSR count). The molecule has 0 saturated carbocycles. The minimum absolute atomic E-state index is 0.108. The van der Waals surface area contributed by atoms with Crippen LogP contribution in [0.5, 0.6) is 5.75 Å². The van der Waals surface area contributed by atoms with Gasteiger partial charge < -0.3 is 4.74 Å². The Morgan fingerprint density at radius 2 is 1.90 bits per heavy atom. The highest BCUT2D eigenvalue weighted by molar-refractivity contribution is 5.97. The molecular weight excluding hydrogens is 262 g/mol. The lowest BCUT2D eigenvalue weighted by molar-refractivity contribution is 0.0923. The molecule has 0 aliphatic carbocycles. The lowest BCUT2D eigenvalue weighted by Gasteiger charge is -2.15. The molecule has 0 amide bonds. The third kappa shape index (κ3) is 4.85. The summed E-state index contributed by atoms with van der Waals surface area (Å²) in [6.07, 6.45) is 4.62. The van der Waals surface area contributed by atoms with Crippen molar-refractivity contribution in [1.82, 2.24) is 4.90 Å². The van der Waals surface area contributed by atoms with E-state index in [4.69, 9.17) is 4.74 Å². The summed E-state index contributed by atoms with van der Waals surface area (Å²) in [4.78, 5) is 14.6. The quantitative estimate of drug-likeness (QED) is 0.682. The molecule has 3 heteroatoms. The number of carbonyl (C=O) groups is 1. The molecule has 116 valence electrons. The summed E-state index contributed by atoms with van der Waals surface area (Å²) in [5.41, 5.74) is 0.794. The molecule has 1 fully saturated rings. The summed E-state index contributed by atoms with van der Waals surface area (Å²) in [5, 5.41) is 0. The van der Waals surface area contributed by atoms with Gasteiger partial charge in [0.15, 0.2) is 5.78 Å². The summed E-state index contributed by atoms with van der Waals surface area (Å²) in [5.74, 6) is 1.20. The molecular formula is C18H27NO2. The Morgan fingerprint density at radius 3 is 2.52 bits per heavy atom. The van der Waals surface area contributed by atoms with Crippen LogP contribution >= 0.6 is 0 Å². The molecule has 0 aromatic heterocycles. The fourth-order valence-corrected chi connectivity index (χ4v) is 2.86. The zero-order valence-corrected chi connectivity index (χ0v) is 13.3. The van der Waals surface area contributed by atoms with Crippen LogP contribution in [-0.4, -0.2) is 36.9 Å². The minimum Gasteiger partial charge on any atom is -0.492 e. The lowest BCUT2D eigenvalue weighted by atomic mass is 9.95. The van der Waals surface area contributed by atoms with E-state index in [9.17, 15) is 4.79 Å². The van der Waals surface area contributed by atoms with Gasteiger partial charge in [-0.1, -0.05) is 20.3 Å². The fraction of sp³-hybridized carbons (Fsp3) is 0.611. The molecule has 3 nitrogen and oxygen atoms in total. The van der Waals surface area contributed by atoms with Crippen LogP contribution in [0, 0.1) is 5.92 Å². The van der Waals surface area contributed by atoms with Crippen LogP contribution in [0.15, 0.2) is 24.3 Å². The van der Waals surface area contributed by atoms with Crippen molar-refractivity contribution in [3.63, 3.8) is 0 Å². The van der Waals surface area contributed by atoms with E-state index in [1.165, 1.54) is 25.9 Å². The molecule has 21 heavy (non-hydrogen) atoms. The Kier molecular flexibility index (Phi) is 6.24. The monoisotopic (exact) mass is 289 g/mol. The summed E-state index contributed by atoms with van der Waals surface area (Å²) >= 11 is 0. The van der Waals surface area contributed by atoms with Crippen molar-refractivity contribution in [3.05, 3.63) is 29.8 Å². The van der Waals surface area contributed by atoms with Gasteiger partial charge >= 0.3 is 0 Å². The second-order valence-electron chi connectivity index (χ2n) is 5.98. The van der Waals surface area contributed by atoms with Gasteiger partial charge in [-0.05, 0) is 56.6 Å². The first-order valence-corrected chi connectivity index (χ1v) is 8.20. The molecule has 1 atom stereocenters. The van der Waals surface area contributed by atoms with E-state index < -0.39 is 0 Å². The van der Waals surface area contributed by atoms with Crippen molar-refractivity contribution in [2.75, 3.05) is 26.2 Å². The van der Waals surface area contributed by atoms with Crippen molar-refractivity contribution in [1.29, 1.82) is 0 Å². The number of hydrogen-bond donors (Lipinski definition) is 0. The topological polar surface area (TPSA) is 29.5 Å². The van der Waals surface area contributed by atoms with Gasteiger partial charge in [-0.2, -0.15) is 0 Å². The number of carbonyl (C=O) groups excluding carboxylic acids is 1. The molecule has 0 radical (unpaired) electrons. The van der Waals surface area contributed by atoms with E-state index in [0.29, 0.717) is 0 Å². The molecule has 1 saturated heterocycles. The van der Waals surface area contributed by atoms with Gasteiger partial charge in [0.1, 0.15) is 12.4 Å². The summed E-state index contributed by atoms with van der Waals surface area (Å²) in [7, 11) is 0. The first kappa shape index (κ1) is 16.0. The Morgan fingerprint density at radius 1 is 1.24 bits per heavy atom. The highest BCUT2D eigenvalue weighted by Crippen LogP contribution is 2.17. The third-order valence-corrected chi connectivity index (χ3v) is 4.18. The van der Waals surface area contributed by atoms with Crippen molar-refractivity contribution < 1.29 is 9.53 Å². The Labute approximate surface area is 128 Å². The van der Waals surface area contributed by atoms with Crippen molar-refractivity contribution in [3.8, 4) is 5.75 Å². The minimum atomic E-state index is 0.108. The van der Waals surface area contributed by atoms with Gasteiger partial charge in [-0.25, -0.2) is 0 Å². The number of ether oxygens (including phenoxy) is 1. The molecule has 0 bridgehead atoms. The number of hydrogen-bond acceptors (Lipinski definition) is 3. The highest BCUT2D eigenvalue weighted by Gasteiger charge is 2.14. The fourth-order valence-electron chi connectivity index (χ4n) is 2.86. The maximum Gasteiger partial charge on any atom is 0.165 e. The van der Waals surface area contributed by atoms with Gasteiger partial charge in [0.2, 0.25) is 0 Å². The maximum atomic E-state index is 12.2. The molecule has 1 aliphatic heterocycles. The highest BCUT2D eigenvalue weighted by atomic mass is 16.5. The smallest absolute Gasteiger partial charge is 0.165 e. The van der Waals surface area contributed by atoms with Crippen molar-refractivity contribution in [2.24, 2.45) is 5.92 Å². The second kappa shape index (κ2) is 8.18. The van der Waals surface area contributed by atoms with E-state index in [1.54, 1.807) is 0 Å². The van der Waals surface area contributed by atoms with E-state index in [2.05, 4.69) is 11.8 Å². The van der Waals surface area contributed by atoms with Crippen LogP contribution in [-0.2, 0) is 0 Å². The van der Waals surface area contributed by atoms with Crippen molar-refractivity contribution in [2.45, 2.75) is 39.5 Å². The number of rotatable bonds is 8. The number of benzene rings is 1. The molecule has 0 spiro atoms. The van der Waals surface area contributed by atoms with Crippen LogP contribution in [0.4, 0.5) is 0 Å². The van der Waals surface area contributed by atoms with E-state index in [1.807, 2.05) is 31.2 Å². The molecule has 1 aromatic carbocycles. The predicted molar refractivity (Wildman–Crippen MR) is 86.0 cm³/mol. The van der Waals surface area contributed by atoms with E-state index in [-0.39, 0.29) is 11.7 Å². The summed E-state index contributed by atoms with van der Waals surface area (Å²) < 4.78 is 5.76. The third-order valence-electron chi connectivity index (χ3n) is 4.18. The zero-order valence-electron chi connectivity index (χ0n) is 13.3. The normalized spacial score (nSPS) is 16.9. The van der Waals surface area contributed by atoms with Gasteiger partial charge in [0, 0.05) is 18.0 Å². The van der Waals surface area contributed by atoms with E-state index >= 15 is 0 Å². The summed E-state index contributed by atoms with van der Waals surface area (Å²) in [6.45, 7) is 8.24. The van der Waals surface area contributed by atoms with Gasteiger partial charge in [0.05, 0.1) is 0 Å². The average molecular weight is 289 g/mol. The Balaban J connectivity index is 1.79. The second-order valence-corrected chi connectivity index (χ2v) is 5.98. The van der Waals surface area contributed by atoms with Crippen LogP contribution in [0.1, 0.15) is 49.9 Å². The first-order chi connectivity index (χ1) is 10.2. The average Bonchev–Trinajstić information content (AvgIpc) is 3.01. The summed E-state index contributed by atoms with van der Waals surface area (Å²) in [6, 6.07) is 7.60. The number of nitrogens with zero attached hydrogens (tertiary/aromatic N) is 1. The molecule has 1 unspecified atom stereocenters. The standard InChI is InChI=1S/C18H27NO2/c1-3-6-15(2)18(20)16-7-9-17(10-8-16)21-14-13-19-11-4-5-12-19/h7-10,15H,3-6,11-14H2,1-2H3. The largest absolute Gasteiger partial charge is 0.492 e. The molecule has 1 heterocycles. The van der Waals surface area contributed by atoms with Crippen LogP contribution < -0.4 is 4.74 Å². The first-order valence-electron chi connectivity index (χ1n) is 8.20. The van der Waals surface area contributed by atoms with Gasteiger partial charge in [-0.15, -0.1) is 0 Å². The number of Topliss-reactive ketones (excluding diaryl/α,β-unsaturated/α-hetero) is 1. The number of likely N-dealkylation sites (tertiary alicyclic amines) is 1. The van der Waals surface area contributed by atoms with E-state index in [0.717, 1.165) is 37.3 Å². The lowest BCUT2D eigenvalue weighted by Crippen LogP contribution is -2.25. The Hall–Kier alpha value is -1.35. The van der Waals surface area contributed by atoms with Crippen molar-refractivity contribution >= 4 is 5.78 Å². The maximum absolute atomic E-state index is 12.2. The SMILES string of the molecule is CCCC(C)C(=O)c1ccc(OCCN2CCCC2)cc1. The van der Waals surface area contributed by atoms with Crippen LogP contribution in [0.2, 0.25) is 0 Å². The number of ketones is 1.